The zero-order valence-corrected chi connectivity index (χ0v) is 12.3. The maximum Gasteiger partial charge on any atom is 0.255 e. The van der Waals surface area contributed by atoms with Gasteiger partial charge in [0.15, 0.2) is 0 Å². The first kappa shape index (κ1) is 15.7. The number of hydrogen-bond acceptors (Lipinski definition) is 3. The van der Waals surface area contributed by atoms with E-state index in [2.05, 4.69) is 0 Å². The summed E-state index contributed by atoms with van der Waals surface area (Å²) in [5, 5.41) is 5.15. The Bertz CT molecular complexity index is 553. The van der Waals surface area contributed by atoms with E-state index >= 15 is 0 Å². The van der Waals surface area contributed by atoms with Crippen LogP contribution < -0.4 is 5.14 Å². The number of primary sulfonamides is 1. The zero-order chi connectivity index (χ0) is 14.6. The molecule has 0 bridgehead atoms. The monoisotopic (exact) mass is 284 g/mol. The number of nitrogens with zero attached hydrogens (tertiary/aromatic N) is 1. The average Bonchev–Trinajstić information content (AvgIpc) is 2.33. The van der Waals surface area contributed by atoms with Gasteiger partial charge in [0.2, 0.25) is 10.0 Å². The van der Waals surface area contributed by atoms with Crippen molar-refractivity contribution in [3.05, 3.63) is 29.8 Å². The van der Waals surface area contributed by atoms with Crippen LogP contribution in [0.5, 0.6) is 0 Å². The van der Waals surface area contributed by atoms with Crippen molar-refractivity contribution in [1.29, 1.82) is 0 Å². The van der Waals surface area contributed by atoms with E-state index in [1.54, 1.807) is 17.0 Å². The Kier molecular flexibility index (Phi) is 5.08. The third kappa shape index (κ3) is 3.78. The Labute approximate surface area is 114 Å². The first-order chi connectivity index (χ1) is 8.79. The summed E-state index contributed by atoms with van der Waals surface area (Å²) in [4.78, 5) is 14.0. The summed E-state index contributed by atoms with van der Waals surface area (Å²) in [6.07, 6.45) is 0.807. The third-order valence-corrected chi connectivity index (χ3v) is 3.74. The standard InChI is InChI=1S/C13H20N2O3S/c1-4-9-15(10(2)3)13(16)11-7-5-6-8-12(11)19(14,17)18/h5-8,10H,4,9H2,1-3H3,(H2,14,17,18). The van der Waals surface area contributed by atoms with E-state index in [0.717, 1.165) is 6.42 Å². The van der Waals surface area contributed by atoms with Crippen molar-refractivity contribution in [2.45, 2.75) is 38.1 Å². The lowest BCUT2D eigenvalue weighted by Crippen LogP contribution is -2.38. The van der Waals surface area contributed by atoms with E-state index in [1.165, 1.54) is 12.1 Å². The van der Waals surface area contributed by atoms with Gasteiger partial charge in [0, 0.05) is 12.6 Å². The number of nitrogens with two attached hydrogens (primary N) is 1. The van der Waals surface area contributed by atoms with Crippen molar-refractivity contribution in [3.63, 3.8) is 0 Å². The molecule has 0 unspecified atom stereocenters. The molecule has 0 heterocycles. The van der Waals surface area contributed by atoms with Gasteiger partial charge in [-0.05, 0) is 32.4 Å². The highest BCUT2D eigenvalue weighted by molar-refractivity contribution is 7.89. The first-order valence-electron chi connectivity index (χ1n) is 6.21. The second-order valence-electron chi connectivity index (χ2n) is 4.63. The SMILES string of the molecule is CCCN(C(=O)c1ccccc1S(N)(=O)=O)C(C)C. The van der Waals surface area contributed by atoms with Gasteiger partial charge >= 0.3 is 0 Å². The Morgan fingerprint density at radius 3 is 2.37 bits per heavy atom. The molecule has 0 saturated heterocycles. The number of benzene rings is 1. The van der Waals surface area contributed by atoms with Gasteiger partial charge in [0.25, 0.3) is 5.91 Å². The summed E-state index contributed by atoms with van der Waals surface area (Å²) < 4.78 is 23.0. The largest absolute Gasteiger partial charge is 0.336 e. The molecule has 2 N–H and O–H groups in total. The van der Waals surface area contributed by atoms with Crippen molar-refractivity contribution in [3.8, 4) is 0 Å². The molecule has 6 heteroatoms. The molecule has 0 radical (unpaired) electrons. The number of carbonyl (C=O) groups is 1. The zero-order valence-electron chi connectivity index (χ0n) is 11.5. The van der Waals surface area contributed by atoms with Crippen LogP contribution in [0.4, 0.5) is 0 Å². The Hall–Kier alpha value is -1.40. The van der Waals surface area contributed by atoms with Gasteiger partial charge in [-0.15, -0.1) is 0 Å². The van der Waals surface area contributed by atoms with Gasteiger partial charge in [0.1, 0.15) is 0 Å². The fraction of sp³-hybridized carbons (Fsp3) is 0.462. The second-order valence-corrected chi connectivity index (χ2v) is 6.16. The van der Waals surface area contributed by atoms with Crippen LogP contribution in [0.1, 0.15) is 37.6 Å². The van der Waals surface area contributed by atoms with E-state index in [1.807, 2.05) is 20.8 Å². The highest BCUT2D eigenvalue weighted by Crippen LogP contribution is 2.17. The van der Waals surface area contributed by atoms with Gasteiger partial charge in [-0.1, -0.05) is 19.1 Å². The fourth-order valence-corrected chi connectivity index (χ4v) is 2.61. The maximum atomic E-state index is 12.4. The molecule has 0 aliphatic rings. The lowest BCUT2D eigenvalue weighted by atomic mass is 10.1. The Morgan fingerprint density at radius 1 is 1.32 bits per heavy atom. The molecule has 1 aromatic carbocycles. The molecule has 0 fully saturated rings. The van der Waals surface area contributed by atoms with Gasteiger partial charge in [0.05, 0.1) is 10.5 Å². The highest BCUT2D eigenvalue weighted by atomic mass is 32.2. The number of carbonyl (C=O) groups excluding carboxylic acids is 1. The number of hydrogen-bond donors (Lipinski definition) is 1. The normalized spacial score (nSPS) is 11.6. The minimum absolute atomic E-state index is 0.000912. The molecular formula is C13H20N2O3S. The van der Waals surface area contributed by atoms with Crippen molar-refractivity contribution in [2.24, 2.45) is 5.14 Å². The molecule has 1 amide bonds. The van der Waals surface area contributed by atoms with Gasteiger partial charge in [-0.25, -0.2) is 13.6 Å². The van der Waals surface area contributed by atoms with Crippen LogP contribution >= 0.6 is 0 Å². The van der Waals surface area contributed by atoms with Crippen LogP contribution in [-0.2, 0) is 10.0 Å². The summed E-state index contributed by atoms with van der Waals surface area (Å²) in [5.74, 6) is -0.304. The molecule has 106 valence electrons. The van der Waals surface area contributed by atoms with Gasteiger partial charge in [-0.2, -0.15) is 0 Å². The molecule has 0 saturated carbocycles. The molecule has 1 rings (SSSR count). The van der Waals surface area contributed by atoms with E-state index in [9.17, 15) is 13.2 Å². The molecule has 5 nitrogen and oxygen atoms in total. The van der Waals surface area contributed by atoms with E-state index in [4.69, 9.17) is 5.14 Å². The average molecular weight is 284 g/mol. The molecular weight excluding hydrogens is 264 g/mol. The summed E-state index contributed by atoms with van der Waals surface area (Å²) in [7, 11) is -3.90. The van der Waals surface area contributed by atoms with Gasteiger partial charge < -0.3 is 4.90 Å². The van der Waals surface area contributed by atoms with Crippen molar-refractivity contribution in [2.75, 3.05) is 6.54 Å². The molecule has 0 atom stereocenters. The van der Waals surface area contributed by atoms with Crippen LogP contribution in [-0.4, -0.2) is 31.8 Å². The molecule has 19 heavy (non-hydrogen) atoms. The molecule has 0 aromatic heterocycles. The Balaban J connectivity index is 3.26. The third-order valence-electron chi connectivity index (χ3n) is 2.77. The van der Waals surface area contributed by atoms with Crippen LogP contribution in [0.2, 0.25) is 0 Å². The first-order valence-corrected chi connectivity index (χ1v) is 7.76. The Morgan fingerprint density at radius 2 is 1.89 bits per heavy atom. The lowest BCUT2D eigenvalue weighted by Gasteiger charge is -2.27. The van der Waals surface area contributed by atoms with Crippen LogP contribution in [0.25, 0.3) is 0 Å². The van der Waals surface area contributed by atoms with E-state index < -0.39 is 10.0 Å². The lowest BCUT2D eigenvalue weighted by molar-refractivity contribution is 0.0702. The van der Waals surface area contributed by atoms with Crippen LogP contribution in [0.3, 0.4) is 0 Å². The number of sulfonamides is 1. The minimum Gasteiger partial charge on any atom is -0.336 e. The highest BCUT2D eigenvalue weighted by Gasteiger charge is 2.24. The quantitative estimate of drug-likeness (QED) is 0.891. The summed E-state index contributed by atoms with van der Waals surface area (Å²) in [6, 6.07) is 6.03. The second kappa shape index (κ2) is 6.16. The van der Waals surface area contributed by atoms with Crippen molar-refractivity contribution < 1.29 is 13.2 Å². The minimum atomic E-state index is -3.90. The predicted molar refractivity (Wildman–Crippen MR) is 74.3 cm³/mol. The maximum absolute atomic E-state index is 12.4. The fourth-order valence-electron chi connectivity index (χ4n) is 1.88. The van der Waals surface area contributed by atoms with E-state index in [0.29, 0.717) is 6.54 Å². The molecule has 0 spiro atoms. The number of rotatable bonds is 5. The van der Waals surface area contributed by atoms with Crippen LogP contribution in [0, 0.1) is 0 Å². The molecule has 0 aliphatic carbocycles. The summed E-state index contributed by atoms with van der Waals surface area (Å²) in [6.45, 7) is 6.34. The van der Waals surface area contributed by atoms with Gasteiger partial charge in [-0.3, -0.25) is 4.79 Å². The molecule has 0 aliphatic heterocycles. The van der Waals surface area contributed by atoms with Crippen molar-refractivity contribution in [1.82, 2.24) is 4.90 Å². The molecule has 1 aromatic rings. The summed E-state index contributed by atoms with van der Waals surface area (Å²) >= 11 is 0. The summed E-state index contributed by atoms with van der Waals surface area (Å²) in [5.41, 5.74) is 0.132. The predicted octanol–water partition coefficient (Wildman–Crippen LogP) is 1.59. The van der Waals surface area contributed by atoms with Crippen molar-refractivity contribution >= 4 is 15.9 Å². The van der Waals surface area contributed by atoms with E-state index in [-0.39, 0.29) is 22.4 Å². The van der Waals surface area contributed by atoms with Crippen LogP contribution in [0.15, 0.2) is 29.2 Å². The number of amides is 1. The topological polar surface area (TPSA) is 80.5 Å². The smallest absolute Gasteiger partial charge is 0.255 e.